The van der Waals surface area contributed by atoms with Crippen LogP contribution in [0.3, 0.4) is 0 Å². The van der Waals surface area contributed by atoms with Crippen LogP contribution in [0.4, 0.5) is 11.5 Å². The average Bonchev–Trinajstić information content (AvgIpc) is 2.27. The van der Waals surface area contributed by atoms with Gasteiger partial charge in [-0.05, 0) is 24.3 Å². The van der Waals surface area contributed by atoms with Crippen molar-refractivity contribution >= 4 is 11.5 Å². The molecule has 1 rings (SSSR count). The Hall–Kier alpha value is -1.65. The third kappa shape index (κ3) is 3.69. The maximum Gasteiger partial charge on any atom is 0.287 e. The van der Waals surface area contributed by atoms with E-state index in [4.69, 9.17) is 0 Å². The lowest BCUT2D eigenvalue weighted by atomic mass is 9.90. The minimum absolute atomic E-state index is 0.0304. The van der Waals surface area contributed by atoms with E-state index in [0.717, 1.165) is 24.3 Å². The number of anilines is 1. The fourth-order valence-corrected chi connectivity index (χ4v) is 1.29. The highest BCUT2D eigenvalue weighted by atomic mass is 16.6. The summed E-state index contributed by atoms with van der Waals surface area (Å²) in [6.45, 7) is 9.09. The molecular weight excluding hydrogens is 218 g/mol. The lowest BCUT2D eigenvalue weighted by Gasteiger charge is -2.23. The fourth-order valence-electron chi connectivity index (χ4n) is 1.29. The van der Waals surface area contributed by atoms with Crippen LogP contribution in [0.2, 0.25) is 0 Å². The maximum absolute atomic E-state index is 10.6. The van der Waals surface area contributed by atoms with Gasteiger partial charge in [-0.2, -0.15) is 0 Å². The molecule has 0 saturated heterocycles. The molecule has 0 aliphatic rings. The van der Waals surface area contributed by atoms with E-state index in [1.54, 1.807) is 0 Å². The van der Waals surface area contributed by atoms with Crippen molar-refractivity contribution in [3.05, 3.63) is 27.9 Å². The van der Waals surface area contributed by atoms with Gasteiger partial charge in [-0.3, -0.25) is 10.1 Å². The molecule has 0 saturated carbocycles. The summed E-state index contributed by atoms with van der Waals surface area (Å²) in [4.78, 5) is 14.2. The van der Waals surface area contributed by atoms with Crippen molar-refractivity contribution < 1.29 is 4.92 Å². The highest BCUT2D eigenvalue weighted by molar-refractivity contribution is 5.48. The Kier molecular flexibility index (Phi) is 4.04. The van der Waals surface area contributed by atoms with Gasteiger partial charge in [0.1, 0.15) is 12.0 Å². The summed E-state index contributed by atoms with van der Waals surface area (Å²) >= 11 is 0. The Balaban J connectivity index is 2.77. The van der Waals surface area contributed by atoms with Crippen molar-refractivity contribution in [2.75, 3.05) is 11.9 Å². The van der Waals surface area contributed by atoms with Gasteiger partial charge in [0.25, 0.3) is 5.69 Å². The van der Waals surface area contributed by atoms with E-state index in [1.807, 2.05) is 6.92 Å². The largest absolute Gasteiger partial charge is 0.369 e. The minimum Gasteiger partial charge on any atom is -0.369 e. The summed E-state index contributed by atoms with van der Waals surface area (Å²) in [5, 5.41) is 13.8. The molecule has 0 amide bonds. The first-order chi connectivity index (χ1) is 7.85. The van der Waals surface area contributed by atoms with E-state index in [1.165, 1.54) is 12.3 Å². The molecule has 5 heteroatoms. The van der Waals surface area contributed by atoms with Crippen LogP contribution in [-0.4, -0.2) is 16.5 Å². The van der Waals surface area contributed by atoms with Crippen LogP contribution in [0.1, 0.15) is 32.8 Å². The number of pyridine rings is 1. The smallest absolute Gasteiger partial charge is 0.287 e. The van der Waals surface area contributed by atoms with Gasteiger partial charge in [-0.25, -0.2) is 4.98 Å². The van der Waals surface area contributed by atoms with Gasteiger partial charge in [0.2, 0.25) is 0 Å². The van der Waals surface area contributed by atoms with E-state index in [-0.39, 0.29) is 11.1 Å². The summed E-state index contributed by atoms with van der Waals surface area (Å²) in [6, 6.07) is 1.54. The number of nitro groups is 1. The Labute approximate surface area is 101 Å². The van der Waals surface area contributed by atoms with Crippen molar-refractivity contribution in [2.45, 2.75) is 34.1 Å². The fraction of sp³-hybridized carbons (Fsp3) is 0.583. The Morgan fingerprint density at radius 2 is 2.18 bits per heavy atom. The van der Waals surface area contributed by atoms with Gasteiger partial charge < -0.3 is 5.32 Å². The predicted octanol–water partition coefficient (Wildman–Crippen LogP) is 3.15. The molecule has 1 aromatic heterocycles. The number of hydrogen-bond donors (Lipinski definition) is 1. The number of nitrogens with one attached hydrogen (secondary N) is 1. The van der Waals surface area contributed by atoms with Crippen LogP contribution in [0.25, 0.3) is 0 Å². The zero-order valence-electron chi connectivity index (χ0n) is 10.8. The highest BCUT2D eigenvalue weighted by Crippen LogP contribution is 2.22. The first kappa shape index (κ1) is 13.4. The molecule has 94 valence electrons. The summed E-state index contributed by atoms with van der Waals surface area (Å²) in [5.74, 6) is 0.720. The van der Waals surface area contributed by atoms with Gasteiger partial charge in [0, 0.05) is 12.6 Å². The van der Waals surface area contributed by atoms with Crippen molar-refractivity contribution in [1.29, 1.82) is 0 Å². The summed E-state index contributed by atoms with van der Waals surface area (Å²) in [5.41, 5.74) is 1.02. The molecule has 0 radical (unpaired) electrons. The molecule has 0 atom stereocenters. The van der Waals surface area contributed by atoms with E-state index in [0.29, 0.717) is 0 Å². The van der Waals surface area contributed by atoms with Gasteiger partial charge in [0.05, 0.1) is 4.92 Å². The quantitative estimate of drug-likeness (QED) is 0.631. The number of hydrogen-bond acceptors (Lipinski definition) is 4. The second-order valence-electron chi connectivity index (χ2n) is 4.99. The van der Waals surface area contributed by atoms with E-state index in [9.17, 15) is 10.1 Å². The number of aromatic nitrogens is 1. The summed E-state index contributed by atoms with van der Waals surface area (Å²) < 4.78 is 0. The number of rotatable bonds is 5. The topological polar surface area (TPSA) is 68.1 Å². The minimum atomic E-state index is -0.431. The van der Waals surface area contributed by atoms with Crippen LogP contribution in [0.15, 0.2) is 12.3 Å². The average molecular weight is 237 g/mol. The Morgan fingerprint density at radius 3 is 2.65 bits per heavy atom. The second-order valence-corrected chi connectivity index (χ2v) is 4.99. The third-order valence-electron chi connectivity index (χ3n) is 2.97. The van der Waals surface area contributed by atoms with E-state index >= 15 is 0 Å². The molecule has 5 nitrogen and oxygen atoms in total. The van der Waals surface area contributed by atoms with E-state index < -0.39 is 4.92 Å². The maximum atomic E-state index is 10.6. The molecule has 17 heavy (non-hydrogen) atoms. The Morgan fingerprint density at radius 1 is 1.53 bits per heavy atom. The highest BCUT2D eigenvalue weighted by Gasteiger charge is 2.16. The zero-order valence-corrected chi connectivity index (χ0v) is 10.8. The summed E-state index contributed by atoms with van der Waals surface area (Å²) in [6.07, 6.45) is 2.35. The van der Waals surface area contributed by atoms with Crippen LogP contribution < -0.4 is 5.32 Å². The zero-order chi connectivity index (χ0) is 13.1. The van der Waals surface area contributed by atoms with Gasteiger partial charge >= 0.3 is 0 Å². The van der Waals surface area contributed by atoms with Gasteiger partial charge in [-0.15, -0.1) is 0 Å². The van der Waals surface area contributed by atoms with Crippen LogP contribution in [-0.2, 0) is 0 Å². The first-order valence-electron chi connectivity index (χ1n) is 5.70. The molecule has 0 aliphatic carbocycles. The second kappa shape index (κ2) is 5.12. The first-order valence-corrected chi connectivity index (χ1v) is 5.70. The molecule has 0 aromatic carbocycles. The van der Waals surface area contributed by atoms with Gasteiger partial charge in [0.15, 0.2) is 0 Å². The molecule has 1 N–H and O–H groups in total. The normalized spacial score (nSPS) is 11.3. The van der Waals surface area contributed by atoms with Crippen molar-refractivity contribution in [3.63, 3.8) is 0 Å². The SMILES string of the molecule is CCC(C)(C)CNc1ncc([N+](=O)[O-])cc1C. The van der Waals surface area contributed by atoms with Gasteiger partial charge in [-0.1, -0.05) is 20.8 Å². The monoisotopic (exact) mass is 237 g/mol. The molecular formula is C12H19N3O2. The van der Waals surface area contributed by atoms with Crippen molar-refractivity contribution in [2.24, 2.45) is 5.41 Å². The predicted molar refractivity (Wildman–Crippen MR) is 68.2 cm³/mol. The van der Waals surface area contributed by atoms with E-state index in [2.05, 4.69) is 31.1 Å². The standard InChI is InChI=1S/C12H19N3O2/c1-5-12(3,4)8-14-11-9(2)6-10(7-13-11)15(16)17/h6-7H,5,8H2,1-4H3,(H,13,14). The molecule has 1 heterocycles. The van der Waals surface area contributed by atoms with Crippen molar-refractivity contribution in [1.82, 2.24) is 4.98 Å². The lowest BCUT2D eigenvalue weighted by molar-refractivity contribution is -0.385. The van der Waals surface area contributed by atoms with Crippen LogP contribution in [0, 0.1) is 22.5 Å². The van der Waals surface area contributed by atoms with Crippen LogP contribution >= 0.6 is 0 Å². The molecule has 0 bridgehead atoms. The van der Waals surface area contributed by atoms with Crippen LogP contribution in [0.5, 0.6) is 0 Å². The summed E-state index contributed by atoms with van der Waals surface area (Å²) in [7, 11) is 0. The molecule has 0 aliphatic heterocycles. The number of nitrogens with zero attached hydrogens (tertiary/aromatic N) is 2. The molecule has 0 spiro atoms. The third-order valence-corrected chi connectivity index (χ3v) is 2.97. The Bertz CT molecular complexity index is 416. The molecule has 0 fully saturated rings. The number of aryl methyl sites for hydroxylation is 1. The molecule has 1 aromatic rings. The van der Waals surface area contributed by atoms with Crippen molar-refractivity contribution in [3.8, 4) is 0 Å². The molecule has 0 unspecified atom stereocenters. The lowest BCUT2D eigenvalue weighted by Crippen LogP contribution is -2.22.